The van der Waals surface area contributed by atoms with E-state index < -0.39 is 26.3 Å². The van der Waals surface area contributed by atoms with Gasteiger partial charge >= 0.3 is 0 Å². The molecule has 0 bridgehead atoms. The molecule has 6 nitrogen and oxygen atoms in total. The van der Waals surface area contributed by atoms with Crippen LogP contribution in [-0.4, -0.2) is 42.1 Å². The summed E-state index contributed by atoms with van der Waals surface area (Å²) in [5, 5.41) is 0. The highest BCUT2D eigenvalue weighted by atomic mass is 32.2. The first-order valence-electron chi connectivity index (χ1n) is 4.36. The van der Waals surface area contributed by atoms with Crippen molar-refractivity contribution in [3.63, 3.8) is 0 Å². The second kappa shape index (κ2) is 5.78. The van der Waals surface area contributed by atoms with Crippen molar-refractivity contribution in [2.75, 3.05) is 19.1 Å². The molecule has 0 aromatic carbocycles. The van der Waals surface area contributed by atoms with Gasteiger partial charge in [0.1, 0.15) is 6.10 Å². The molecule has 0 aromatic rings. The van der Waals surface area contributed by atoms with Crippen molar-refractivity contribution in [3.05, 3.63) is 0 Å². The lowest BCUT2D eigenvalue weighted by Gasteiger charge is -2.14. The maximum atomic E-state index is 10.8. The summed E-state index contributed by atoms with van der Waals surface area (Å²) in [6, 6.07) is 0. The van der Waals surface area contributed by atoms with Crippen LogP contribution in [0.1, 0.15) is 19.8 Å². The van der Waals surface area contributed by atoms with E-state index in [9.17, 15) is 16.8 Å². The Morgan fingerprint density at radius 1 is 1.07 bits per heavy atom. The van der Waals surface area contributed by atoms with Gasteiger partial charge in [-0.2, -0.15) is 16.8 Å². The van der Waals surface area contributed by atoms with Gasteiger partial charge in [0, 0.05) is 0 Å². The Bertz CT molecular complexity index is 368. The van der Waals surface area contributed by atoms with Crippen molar-refractivity contribution in [3.8, 4) is 0 Å². The summed E-state index contributed by atoms with van der Waals surface area (Å²) in [6.45, 7) is 1.55. The molecule has 0 rings (SSSR count). The van der Waals surface area contributed by atoms with Crippen LogP contribution in [-0.2, 0) is 28.6 Å². The van der Waals surface area contributed by atoms with Crippen molar-refractivity contribution < 1.29 is 25.2 Å². The van der Waals surface area contributed by atoms with Gasteiger partial charge in [-0.1, -0.05) is 13.3 Å². The van der Waals surface area contributed by atoms with Gasteiger partial charge in [0.2, 0.25) is 0 Å². The first-order valence-corrected chi connectivity index (χ1v) is 8.00. The Morgan fingerprint density at radius 2 is 1.60 bits per heavy atom. The van der Waals surface area contributed by atoms with E-state index >= 15 is 0 Å². The zero-order valence-electron chi connectivity index (χ0n) is 8.96. The molecule has 92 valence electrons. The maximum Gasteiger partial charge on any atom is 0.264 e. The minimum atomic E-state index is -3.59. The predicted octanol–water partition coefficient (Wildman–Crippen LogP) is 0.108. The normalized spacial score (nSPS) is 15.1. The van der Waals surface area contributed by atoms with Crippen LogP contribution in [0.2, 0.25) is 0 Å². The van der Waals surface area contributed by atoms with Crippen LogP contribution in [0.5, 0.6) is 0 Å². The summed E-state index contributed by atoms with van der Waals surface area (Å²) >= 11 is 0. The Balaban J connectivity index is 4.29. The van der Waals surface area contributed by atoms with Gasteiger partial charge in [0.15, 0.2) is 0 Å². The molecule has 0 radical (unpaired) electrons. The zero-order valence-corrected chi connectivity index (χ0v) is 10.6. The molecule has 0 spiro atoms. The summed E-state index contributed by atoms with van der Waals surface area (Å²) in [4.78, 5) is 0. The van der Waals surface area contributed by atoms with E-state index in [4.69, 9.17) is 0 Å². The fourth-order valence-corrected chi connectivity index (χ4v) is 1.97. The number of hydrogen-bond acceptors (Lipinski definition) is 6. The van der Waals surface area contributed by atoms with Gasteiger partial charge in [0.25, 0.3) is 20.2 Å². The van der Waals surface area contributed by atoms with Crippen LogP contribution < -0.4 is 0 Å². The van der Waals surface area contributed by atoms with E-state index in [1.165, 1.54) is 0 Å². The van der Waals surface area contributed by atoms with E-state index in [1.54, 1.807) is 0 Å². The van der Waals surface area contributed by atoms with Crippen molar-refractivity contribution in [2.24, 2.45) is 0 Å². The molecule has 15 heavy (non-hydrogen) atoms. The van der Waals surface area contributed by atoms with Gasteiger partial charge in [-0.25, -0.2) is 0 Å². The molecular weight excluding hydrogens is 244 g/mol. The third-order valence-corrected chi connectivity index (χ3v) is 2.58. The summed E-state index contributed by atoms with van der Waals surface area (Å²) in [5.41, 5.74) is 0. The molecule has 0 aliphatic carbocycles. The molecular formula is C7H16O6S2. The Labute approximate surface area is 90.8 Å². The van der Waals surface area contributed by atoms with Gasteiger partial charge in [-0.3, -0.25) is 8.37 Å². The van der Waals surface area contributed by atoms with E-state index in [1.807, 2.05) is 6.92 Å². The molecule has 0 heterocycles. The van der Waals surface area contributed by atoms with Crippen molar-refractivity contribution in [1.29, 1.82) is 0 Å². The van der Waals surface area contributed by atoms with Crippen molar-refractivity contribution >= 4 is 20.2 Å². The minimum Gasteiger partial charge on any atom is -0.268 e. The lowest BCUT2D eigenvalue weighted by molar-refractivity contribution is 0.131. The SMILES string of the molecule is CCC[C@H](COS(C)(=O)=O)OS(C)(=O)=O. The number of hydrogen-bond donors (Lipinski definition) is 0. The first-order chi connectivity index (χ1) is 6.64. The molecule has 0 N–H and O–H groups in total. The highest BCUT2D eigenvalue weighted by Gasteiger charge is 2.17. The highest BCUT2D eigenvalue weighted by molar-refractivity contribution is 7.86. The summed E-state index contributed by atoms with van der Waals surface area (Å²) in [7, 11) is -7.16. The van der Waals surface area contributed by atoms with Crippen LogP contribution in [0.3, 0.4) is 0 Å². The lowest BCUT2D eigenvalue weighted by atomic mass is 10.2. The van der Waals surface area contributed by atoms with Crippen LogP contribution in [0.4, 0.5) is 0 Å². The molecule has 0 fully saturated rings. The number of rotatable bonds is 7. The standard InChI is InChI=1S/C7H16O6S2/c1-4-5-7(13-15(3,10)11)6-12-14(2,8)9/h7H,4-6H2,1-3H3/t7-/m1/s1. The second-order valence-electron chi connectivity index (χ2n) is 3.20. The van der Waals surface area contributed by atoms with E-state index in [-0.39, 0.29) is 6.61 Å². The molecule has 8 heteroatoms. The highest BCUT2D eigenvalue weighted by Crippen LogP contribution is 2.07. The molecule has 0 aliphatic rings. The molecule has 0 unspecified atom stereocenters. The van der Waals surface area contributed by atoms with Crippen LogP contribution in [0.15, 0.2) is 0 Å². The molecule has 0 aromatic heterocycles. The molecule has 1 atom stereocenters. The molecule has 0 aliphatic heterocycles. The largest absolute Gasteiger partial charge is 0.268 e. The van der Waals surface area contributed by atoms with Crippen LogP contribution in [0, 0.1) is 0 Å². The minimum absolute atomic E-state index is 0.278. The van der Waals surface area contributed by atoms with E-state index in [0.717, 1.165) is 12.5 Å². The Hall–Kier alpha value is -0.180. The van der Waals surface area contributed by atoms with Gasteiger partial charge in [0.05, 0.1) is 19.1 Å². The Kier molecular flexibility index (Phi) is 5.71. The fraction of sp³-hybridized carbons (Fsp3) is 1.00. The second-order valence-corrected chi connectivity index (χ2v) is 6.44. The average molecular weight is 260 g/mol. The lowest BCUT2D eigenvalue weighted by Crippen LogP contribution is -2.24. The first kappa shape index (κ1) is 14.8. The molecule has 0 amide bonds. The predicted molar refractivity (Wildman–Crippen MR) is 55.4 cm³/mol. The van der Waals surface area contributed by atoms with E-state index in [2.05, 4.69) is 8.37 Å². The van der Waals surface area contributed by atoms with Crippen molar-refractivity contribution in [2.45, 2.75) is 25.9 Å². The van der Waals surface area contributed by atoms with Crippen LogP contribution in [0.25, 0.3) is 0 Å². The van der Waals surface area contributed by atoms with Gasteiger partial charge < -0.3 is 0 Å². The fourth-order valence-electron chi connectivity index (χ4n) is 0.928. The Morgan fingerprint density at radius 3 is 1.93 bits per heavy atom. The van der Waals surface area contributed by atoms with Gasteiger partial charge in [-0.05, 0) is 6.42 Å². The smallest absolute Gasteiger partial charge is 0.264 e. The summed E-state index contributed by atoms with van der Waals surface area (Å²) in [5.74, 6) is 0. The van der Waals surface area contributed by atoms with Crippen LogP contribution >= 0.6 is 0 Å². The molecule has 0 saturated heterocycles. The van der Waals surface area contributed by atoms with Crippen molar-refractivity contribution in [1.82, 2.24) is 0 Å². The summed E-state index contributed by atoms with van der Waals surface area (Å²) in [6.07, 6.45) is 2.15. The quantitative estimate of drug-likeness (QED) is 0.604. The third-order valence-electron chi connectivity index (χ3n) is 1.39. The summed E-state index contributed by atoms with van der Waals surface area (Å²) < 4.78 is 52.1. The topological polar surface area (TPSA) is 86.7 Å². The zero-order chi connectivity index (χ0) is 12.1. The van der Waals surface area contributed by atoms with Gasteiger partial charge in [-0.15, -0.1) is 0 Å². The molecule has 0 saturated carbocycles. The average Bonchev–Trinajstić information content (AvgIpc) is 1.96. The monoisotopic (exact) mass is 260 g/mol. The maximum absolute atomic E-state index is 10.8. The third kappa shape index (κ3) is 10.1. The van der Waals surface area contributed by atoms with E-state index in [0.29, 0.717) is 12.8 Å².